The number of amides is 1. The van der Waals surface area contributed by atoms with Gasteiger partial charge in [-0.15, -0.1) is 0 Å². The maximum atomic E-state index is 12.0. The highest BCUT2D eigenvalue weighted by molar-refractivity contribution is 5.93. The van der Waals surface area contributed by atoms with Gasteiger partial charge in [-0.05, 0) is 38.3 Å². The van der Waals surface area contributed by atoms with Crippen molar-refractivity contribution in [1.29, 1.82) is 0 Å². The molecule has 1 amide bonds. The van der Waals surface area contributed by atoms with Crippen LogP contribution in [0.4, 0.5) is 0 Å². The number of aromatic amines is 1. The summed E-state index contributed by atoms with van der Waals surface area (Å²) in [5.41, 5.74) is 2.60. The van der Waals surface area contributed by atoms with Crippen LogP contribution < -0.4 is 5.32 Å². The summed E-state index contributed by atoms with van der Waals surface area (Å²) in [6.07, 6.45) is 3.86. The smallest absolute Gasteiger partial charge is 0.267 e. The molecule has 0 aliphatic heterocycles. The van der Waals surface area contributed by atoms with Gasteiger partial charge in [-0.2, -0.15) is 0 Å². The number of carbonyl (C=O) groups is 1. The molecule has 3 N–H and O–H groups in total. The number of hydrogen-bond donors (Lipinski definition) is 3. The van der Waals surface area contributed by atoms with Crippen LogP contribution in [0.1, 0.15) is 47.4 Å². The lowest BCUT2D eigenvalue weighted by molar-refractivity contribution is 0.0661. The minimum atomic E-state index is -0.259. The van der Waals surface area contributed by atoms with E-state index in [1.807, 2.05) is 19.9 Å². The number of aliphatic hydroxyl groups is 1. The minimum absolute atomic E-state index is 0.0710. The third kappa shape index (κ3) is 2.93. The molecule has 0 bridgehead atoms. The molecule has 2 rings (SSSR count). The van der Waals surface area contributed by atoms with Crippen LogP contribution in [0.5, 0.6) is 0 Å². The topological polar surface area (TPSA) is 65.1 Å². The van der Waals surface area contributed by atoms with Crippen molar-refractivity contribution in [1.82, 2.24) is 10.3 Å². The highest BCUT2D eigenvalue weighted by Gasteiger charge is 2.23. The van der Waals surface area contributed by atoms with Gasteiger partial charge in [0.15, 0.2) is 0 Å². The monoisotopic (exact) mass is 250 g/mol. The molecule has 1 aromatic rings. The number of aliphatic hydroxyl groups excluding tert-OH is 1. The molecule has 1 aliphatic carbocycles. The van der Waals surface area contributed by atoms with Gasteiger partial charge in [0.1, 0.15) is 5.69 Å². The van der Waals surface area contributed by atoms with Gasteiger partial charge in [0.05, 0.1) is 6.10 Å². The molecule has 1 aliphatic rings. The van der Waals surface area contributed by atoms with Crippen LogP contribution in [0, 0.1) is 19.8 Å². The predicted octanol–water partition coefficient (Wildman–Crippen LogP) is 1.91. The van der Waals surface area contributed by atoms with Crippen LogP contribution in [-0.4, -0.2) is 28.6 Å². The highest BCUT2D eigenvalue weighted by Crippen LogP contribution is 2.23. The van der Waals surface area contributed by atoms with E-state index in [-0.39, 0.29) is 17.9 Å². The van der Waals surface area contributed by atoms with Gasteiger partial charge in [-0.25, -0.2) is 0 Å². The van der Waals surface area contributed by atoms with Gasteiger partial charge in [-0.1, -0.05) is 12.8 Å². The average Bonchev–Trinajstić information content (AvgIpc) is 2.67. The van der Waals surface area contributed by atoms with Crippen LogP contribution in [-0.2, 0) is 0 Å². The summed E-state index contributed by atoms with van der Waals surface area (Å²) in [4.78, 5) is 15.1. The summed E-state index contributed by atoms with van der Waals surface area (Å²) < 4.78 is 0. The first-order valence-corrected chi connectivity index (χ1v) is 6.70. The normalized spacial score (nSPS) is 23.9. The van der Waals surface area contributed by atoms with Crippen LogP contribution in [0.2, 0.25) is 0 Å². The molecule has 1 aromatic heterocycles. The standard InChI is InChI=1S/C14H22N2O2/c1-9-7-10(2)16-13(9)14(18)15-8-11-5-3-4-6-12(11)17/h7,11-12,16-17H,3-6,8H2,1-2H3,(H,15,18)/t11-,12+/m1/s1. The lowest BCUT2D eigenvalue weighted by atomic mass is 9.86. The summed E-state index contributed by atoms with van der Waals surface area (Å²) in [5, 5.41) is 12.8. The Kier molecular flexibility index (Phi) is 4.07. The molecule has 0 radical (unpaired) electrons. The SMILES string of the molecule is Cc1cc(C)c(C(=O)NC[C@H]2CCCC[C@@H]2O)[nH]1. The zero-order chi connectivity index (χ0) is 13.1. The fraction of sp³-hybridized carbons (Fsp3) is 0.643. The largest absolute Gasteiger partial charge is 0.393 e. The van der Waals surface area contributed by atoms with Crippen molar-refractivity contribution in [3.05, 3.63) is 23.0 Å². The third-order valence-corrected chi connectivity index (χ3v) is 3.77. The van der Waals surface area contributed by atoms with E-state index < -0.39 is 0 Å². The summed E-state index contributed by atoms with van der Waals surface area (Å²) in [6.45, 7) is 4.43. The summed E-state index contributed by atoms with van der Waals surface area (Å²) in [7, 11) is 0. The van der Waals surface area contributed by atoms with Gasteiger partial charge in [0.25, 0.3) is 5.91 Å². The second-order valence-electron chi connectivity index (χ2n) is 5.33. The lowest BCUT2D eigenvalue weighted by Gasteiger charge is -2.27. The van der Waals surface area contributed by atoms with E-state index in [9.17, 15) is 9.90 Å². The van der Waals surface area contributed by atoms with Gasteiger partial charge in [0.2, 0.25) is 0 Å². The number of rotatable bonds is 3. The second kappa shape index (κ2) is 5.57. The molecule has 0 spiro atoms. The third-order valence-electron chi connectivity index (χ3n) is 3.77. The number of hydrogen-bond acceptors (Lipinski definition) is 2. The molecular weight excluding hydrogens is 228 g/mol. The number of H-pyrrole nitrogens is 1. The molecule has 100 valence electrons. The molecule has 4 heteroatoms. The Labute approximate surface area is 108 Å². The highest BCUT2D eigenvalue weighted by atomic mass is 16.3. The molecule has 2 atom stereocenters. The molecule has 4 nitrogen and oxygen atoms in total. The molecule has 0 unspecified atom stereocenters. The van der Waals surface area contributed by atoms with Gasteiger partial charge < -0.3 is 15.4 Å². The van der Waals surface area contributed by atoms with Crippen molar-refractivity contribution >= 4 is 5.91 Å². The second-order valence-corrected chi connectivity index (χ2v) is 5.33. The van der Waals surface area contributed by atoms with Crippen molar-refractivity contribution in [3.63, 3.8) is 0 Å². The van der Waals surface area contributed by atoms with E-state index in [1.165, 1.54) is 0 Å². The van der Waals surface area contributed by atoms with Crippen molar-refractivity contribution < 1.29 is 9.90 Å². The first-order valence-electron chi connectivity index (χ1n) is 6.70. The number of aryl methyl sites for hydroxylation is 2. The van der Waals surface area contributed by atoms with Gasteiger partial charge >= 0.3 is 0 Å². The van der Waals surface area contributed by atoms with Gasteiger partial charge in [-0.3, -0.25) is 4.79 Å². The fourth-order valence-corrected chi connectivity index (χ4v) is 2.70. The van der Waals surface area contributed by atoms with Crippen LogP contribution >= 0.6 is 0 Å². The van der Waals surface area contributed by atoms with Crippen LogP contribution in [0.3, 0.4) is 0 Å². The quantitative estimate of drug-likeness (QED) is 0.767. The Balaban J connectivity index is 1.90. The maximum Gasteiger partial charge on any atom is 0.267 e. The summed E-state index contributed by atoms with van der Waals surface area (Å²) >= 11 is 0. The number of nitrogens with one attached hydrogen (secondary N) is 2. The average molecular weight is 250 g/mol. The molecule has 0 saturated heterocycles. The van der Waals surface area contributed by atoms with E-state index in [4.69, 9.17) is 0 Å². The lowest BCUT2D eigenvalue weighted by Crippen LogP contribution is -2.37. The summed E-state index contributed by atoms with van der Waals surface area (Å²) in [5.74, 6) is 0.137. The van der Waals surface area contributed by atoms with E-state index >= 15 is 0 Å². The first-order chi connectivity index (χ1) is 8.58. The zero-order valence-electron chi connectivity index (χ0n) is 11.1. The molecule has 1 heterocycles. The Morgan fingerprint density at radius 2 is 2.17 bits per heavy atom. The van der Waals surface area contributed by atoms with Crippen LogP contribution in [0.15, 0.2) is 6.07 Å². The van der Waals surface area contributed by atoms with Crippen molar-refractivity contribution in [2.75, 3.05) is 6.54 Å². The van der Waals surface area contributed by atoms with E-state index in [0.717, 1.165) is 36.9 Å². The molecule has 1 saturated carbocycles. The van der Waals surface area contributed by atoms with E-state index in [0.29, 0.717) is 12.2 Å². The Hall–Kier alpha value is -1.29. The minimum Gasteiger partial charge on any atom is -0.393 e. The van der Waals surface area contributed by atoms with Crippen molar-refractivity contribution in [3.8, 4) is 0 Å². The summed E-state index contributed by atoms with van der Waals surface area (Å²) in [6, 6.07) is 1.96. The Bertz CT molecular complexity index is 425. The first kappa shape index (κ1) is 13.1. The number of carbonyl (C=O) groups excluding carboxylic acids is 1. The van der Waals surface area contributed by atoms with Crippen molar-refractivity contribution in [2.45, 2.75) is 45.6 Å². The predicted molar refractivity (Wildman–Crippen MR) is 70.6 cm³/mol. The van der Waals surface area contributed by atoms with E-state index in [1.54, 1.807) is 0 Å². The maximum absolute atomic E-state index is 12.0. The molecule has 1 fully saturated rings. The fourth-order valence-electron chi connectivity index (χ4n) is 2.70. The number of aromatic nitrogens is 1. The zero-order valence-corrected chi connectivity index (χ0v) is 11.1. The van der Waals surface area contributed by atoms with Gasteiger partial charge in [0, 0.05) is 18.2 Å². The Morgan fingerprint density at radius 3 is 2.78 bits per heavy atom. The molecule has 0 aromatic carbocycles. The van der Waals surface area contributed by atoms with E-state index in [2.05, 4.69) is 10.3 Å². The Morgan fingerprint density at radius 1 is 1.44 bits per heavy atom. The van der Waals surface area contributed by atoms with Crippen LogP contribution in [0.25, 0.3) is 0 Å². The molecular formula is C14H22N2O2. The molecule has 18 heavy (non-hydrogen) atoms. The van der Waals surface area contributed by atoms with Crippen molar-refractivity contribution in [2.24, 2.45) is 5.92 Å².